The highest BCUT2D eigenvalue weighted by Gasteiger charge is 2.04. The number of hydrogen-bond acceptors (Lipinski definition) is 3. The van der Waals surface area contributed by atoms with Crippen LogP contribution in [0.5, 0.6) is 0 Å². The van der Waals surface area contributed by atoms with Gasteiger partial charge in [0.05, 0.1) is 12.0 Å². The predicted octanol–water partition coefficient (Wildman–Crippen LogP) is 0.933. The molecule has 76 valence electrons. The van der Waals surface area contributed by atoms with E-state index < -0.39 is 0 Å². The zero-order chi connectivity index (χ0) is 10.3. The molecule has 1 N–H and O–H groups in total. The second-order valence-corrected chi connectivity index (χ2v) is 4.06. The Morgan fingerprint density at radius 1 is 1.31 bits per heavy atom. The van der Waals surface area contributed by atoms with Crippen LogP contribution in [0.2, 0.25) is 0 Å². The van der Waals surface area contributed by atoms with Crippen molar-refractivity contribution in [1.29, 1.82) is 5.26 Å². The van der Waals surface area contributed by atoms with E-state index >= 15 is 0 Å². The zero-order valence-electron chi connectivity index (χ0n) is 9.17. The standard InChI is InChI=1S/C10H21N3/c1-9(5-11)6-12-7-10(2)8-13(3)4/h9-10,12H,6-8H2,1-4H3. The van der Waals surface area contributed by atoms with Gasteiger partial charge in [0.2, 0.25) is 0 Å². The minimum absolute atomic E-state index is 0.117. The molecule has 3 heteroatoms. The molecule has 3 nitrogen and oxygen atoms in total. The van der Waals surface area contributed by atoms with Gasteiger partial charge in [-0.3, -0.25) is 0 Å². The maximum absolute atomic E-state index is 8.55. The van der Waals surface area contributed by atoms with Crippen molar-refractivity contribution in [3.05, 3.63) is 0 Å². The first kappa shape index (κ1) is 12.4. The average Bonchev–Trinajstić information content (AvgIpc) is 2.02. The summed E-state index contributed by atoms with van der Waals surface area (Å²) in [6.07, 6.45) is 0. The Morgan fingerprint density at radius 3 is 2.38 bits per heavy atom. The summed E-state index contributed by atoms with van der Waals surface area (Å²) in [5.74, 6) is 0.757. The lowest BCUT2D eigenvalue weighted by atomic mass is 10.1. The van der Waals surface area contributed by atoms with Crippen molar-refractivity contribution in [2.75, 3.05) is 33.7 Å². The quantitative estimate of drug-likeness (QED) is 0.666. The SMILES string of the molecule is CC(C#N)CNCC(C)CN(C)C. The van der Waals surface area contributed by atoms with Crippen LogP contribution in [0.3, 0.4) is 0 Å². The molecule has 0 saturated heterocycles. The maximum Gasteiger partial charge on any atom is 0.0666 e. The molecule has 13 heavy (non-hydrogen) atoms. The fourth-order valence-electron chi connectivity index (χ4n) is 1.28. The summed E-state index contributed by atoms with van der Waals surface area (Å²) in [4.78, 5) is 2.18. The monoisotopic (exact) mass is 183 g/mol. The van der Waals surface area contributed by atoms with Gasteiger partial charge in [-0.05, 0) is 33.5 Å². The first-order valence-electron chi connectivity index (χ1n) is 4.81. The molecule has 0 radical (unpaired) electrons. The molecule has 0 heterocycles. The van der Waals surface area contributed by atoms with Gasteiger partial charge < -0.3 is 10.2 Å². The molecule has 0 rings (SSSR count). The van der Waals surface area contributed by atoms with Crippen LogP contribution in [-0.2, 0) is 0 Å². The number of nitriles is 1. The summed E-state index contributed by atoms with van der Waals surface area (Å²) in [5, 5.41) is 11.8. The molecule has 0 aromatic rings. The highest BCUT2D eigenvalue weighted by molar-refractivity contribution is 4.80. The Bertz CT molecular complexity index is 160. The van der Waals surface area contributed by atoms with Crippen LogP contribution < -0.4 is 5.32 Å². The lowest BCUT2D eigenvalue weighted by molar-refractivity contribution is 0.328. The van der Waals surface area contributed by atoms with Gasteiger partial charge in [-0.15, -0.1) is 0 Å². The van der Waals surface area contributed by atoms with Gasteiger partial charge in [0.25, 0.3) is 0 Å². The summed E-state index contributed by atoms with van der Waals surface area (Å²) < 4.78 is 0. The topological polar surface area (TPSA) is 39.1 Å². The smallest absolute Gasteiger partial charge is 0.0666 e. The molecule has 0 amide bonds. The molecule has 0 fully saturated rings. The number of nitrogens with one attached hydrogen (secondary N) is 1. The van der Waals surface area contributed by atoms with Crippen LogP contribution in [0.4, 0.5) is 0 Å². The second-order valence-electron chi connectivity index (χ2n) is 4.06. The van der Waals surface area contributed by atoms with Gasteiger partial charge >= 0.3 is 0 Å². The molecule has 0 aromatic heterocycles. The van der Waals surface area contributed by atoms with E-state index in [0.717, 1.165) is 19.6 Å². The third-order valence-corrected chi connectivity index (χ3v) is 1.84. The first-order chi connectivity index (χ1) is 6.06. The van der Waals surface area contributed by atoms with Crippen molar-refractivity contribution in [3.8, 4) is 6.07 Å². The van der Waals surface area contributed by atoms with E-state index in [1.807, 2.05) is 6.92 Å². The Labute approximate surface area is 81.7 Å². The van der Waals surface area contributed by atoms with Gasteiger partial charge in [-0.2, -0.15) is 5.26 Å². The summed E-state index contributed by atoms with van der Waals surface area (Å²) in [7, 11) is 4.16. The van der Waals surface area contributed by atoms with Crippen molar-refractivity contribution in [3.63, 3.8) is 0 Å². The van der Waals surface area contributed by atoms with E-state index in [1.54, 1.807) is 0 Å². The lowest BCUT2D eigenvalue weighted by Gasteiger charge is -2.17. The minimum atomic E-state index is 0.117. The van der Waals surface area contributed by atoms with Gasteiger partial charge in [-0.1, -0.05) is 6.92 Å². The highest BCUT2D eigenvalue weighted by atomic mass is 15.1. The Morgan fingerprint density at radius 2 is 1.92 bits per heavy atom. The van der Waals surface area contributed by atoms with Crippen molar-refractivity contribution in [1.82, 2.24) is 10.2 Å². The van der Waals surface area contributed by atoms with E-state index in [1.165, 1.54) is 0 Å². The van der Waals surface area contributed by atoms with Crippen molar-refractivity contribution in [2.24, 2.45) is 11.8 Å². The summed E-state index contributed by atoms with van der Waals surface area (Å²) >= 11 is 0. The molecule has 2 unspecified atom stereocenters. The van der Waals surface area contributed by atoms with Gasteiger partial charge in [-0.25, -0.2) is 0 Å². The third kappa shape index (κ3) is 7.76. The lowest BCUT2D eigenvalue weighted by Crippen LogP contribution is -2.31. The number of nitrogens with zero attached hydrogens (tertiary/aromatic N) is 2. The van der Waals surface area contributed by atoms with E-state index in [2.05, 4.69) is 37.3 Å². The molecule has 0 spiro atoms. The van der Waals surface area contributed by atoms with Crippen molar-refractivity contribution < 1.29 is 0 Å². The summed E-state index contributed by atoms with van der Waals surface area (Å²) in [5.41, 5.74) is 0. The van der Waals surface area contributed by atoms with Gasteiger partial charge in [0, 0.05) is 13.1 Å². The Balaban J connectivity index is 3.38. The van der Waals surface area contributed by atoms with Gasteiger partial charge in [0.15, 0.2) is 0 Å². The Kier molecular flexibility index (Phi) is 6.56. The third-order valence-electron chi connectivity index (χ3n) is 1.84. The molecule has 0 saturated carbocycles. The number of rotatable bonds is 6. The number of hydrogen-bond donors (Lipinski definition) is 1. The molecule has 0 aromatic carbocycles. The van der Waals surface area contributed by atoms with E-state index in [4.69, 9.17) is 5.26 Å². The average molecular weight is 183 g/mol. The largest absolute Gasteiger partial charge is 0.315 e. The van der Waals surface area contributed by atoms with Crippen molar-refractivity contribution >= 4 is 0 Å². The van der Waals surface area contributed by atoms with Crippen LogP contribution in [0.15, 0.2) is 0 Å². The molecule has 0 aliphatic rings. The molecule has 0 aliphatic heterocycles. The van der Waals surface area contributed by atoms with Crippen LogP contribution in [-0.4, -0.2) is 38.6 Å². The summed E-state index contributed by atoms with van der Waals surface area (Å²) in [6, 6.07) is 2.21. The van der Waals surface area contributed by atoms with E-state index in [9.17, 15) is 0 Å². The molecule has 2 atom stereocenters. The highest BCUT2D eigenvalue weighted by Crippen LogP contribution is 1.95. The van der Waals surface area contributed by atoms with Crippen LogP contribution in [0.25, 0.3) is 0 Å². The minimum Gasteiger partial charge on any atom is -0.315 e. The van der Waals surface area contributed by atoms with Gasteiger partial charge in [0.1, 0.15) is 0 Å². The fourth-order valence-corrected chi connectivity index (χ4v) is 1.28. The van der Waals surface area contributed by atoms with Crippen LogP contribution >= 0.6 is 0 Å². The summed E-state index contributed by atoms with van der Waals surface area (Å²) in [6.45, 7) is 7.03. The second kappa shape index (κ2) is 6.88. The van der Waals surface area contributed by atoms with Crippen LogP contribution in [0.1, 0.15) is 13.8 Å². The van der Waals surface area contributed by atoms with Crippen molar-refractivity contribution in [2.45, 2.75) is 13.8 Å². The normalized spacial score (nSPS) is 15.4. The predicted molar refractivity (Wildman–Crippen MR) is 55.4 cm³/mol. The first-order valence-corrected chi connectivity index (χ1v) is 4.81. The Hall–Kier alpha value is -0.590. The maximum atomic E-state index is 8.55. The molecule has 0 aliphatic carbocycles. The molecule has 0 bridgehead atoms. The fraction of sp³-hybridized carbons (Fsp3) is 0.900. The van der Waals surface area contributed by atoms with Crippen LogP contribution in [0, 0.1) is 23.2 Å². The van der Waals surface area contributed by atoms with E-state index in [0.29, 0.717) is 5.92 Å². The zero-order valence-corrected chi connectivity index (χ0v) is 9.17. The van der Waals surface area contributed by atoms with E-state index in [-0.39, 0.29) is 5.92 Å². The molecular formula is C10H21N3. The molecular weight excluding hydrogens is 162 g/mol.